The van der Waals surface area contributed by atoms with Crippen molar-refractivity contribution in [2.45, 2.75) is 12.5 Å². The molecule has 2 N–H and O–H groups in total. The maximum absolute atomic E-state index is 13.6. The van der Waals surface area contributed by atoms with Crippen LogP contribution in [0.2, 0.25) is 10.0 Å². The Morgan fingerprint density at radius 3 is 2.40 bits per heavy atom. The molecule has 0 aliphatic rings. The average molecular weight is 320 g/mol. The van der Waals surface area contributed by atoms with Crippen molar-refractivity contribution in [1.82, 2.24) is 0 Å². The van der Waals surface area contributed by atoms with Crippen LogP contribution in [0.1, 0.15) is 17.2 Å². The first-order valence-corrected chi connectivity index (χ1v) is 6.48. The Balaban J connectivity index is 2.31. The Bertz CT molecular complexity index is 647. The van der Waals surface area contributed by atoms with Crippen LogP contribution in [0.3, 0.4) is 0 Å². The molecule has 0 aliphatic carbocycles. The highest BCUT2D eigenvalue weighted by atomic mass is 35.5. The summed E-state index contributed by atoms with van der Waals surface area (Å²) in [7, 11) is 0. The molecule has 0 heterocycles. The van der Waals surface area contributed by atoms with Crippen molar-refractivity contribution < 1.29 is 13.2 Å². The van der Waals surface area contributed by atoms with Crippen molar-refractivity contribution >= 4 is 23.2 Å². The third kappa shape index (κ3) is 3.08. The molecule has 0 amide bonds. The molecular formula is C14H10Cl2F3N. The van der Waals surface area contributed by atoms with E-state index in [1.54, 1.807) is 18.2 Å². The van der Waals surface area contributed by atoms with E-state index in [9.17, 15) is 13.2 Å². The number of benzene rings is 2. The highest BCUT2D eigenvalue weighted by Gasteiger charge is 2.19. The lowest BCUT2D eigenvalue weighted by atomic mass is 9.99. The van der Waals surface area contributed by atoms with Gasteiger partial charge in [-0.25, -0.2) is 13.2 Å². The van der Waals surface area contributed by atoms with Crippen LogP contribution in [0.4, 0.5) is 13.2 Å². The lowest BCUT2D eigenvalue weighted by Crippen LogP contribution is -2.16. The monoisotopic (exact) mass is 319 g/mol. The maximum Gasteiger partial charge on any atom is 0.194 e. The molecule has 0 saturated carbocycles. The van der Waals surface area contributed by atoms with Gasteiger partial charge in [-0.3, -0.25) is 0 Å². The van der Waals surface area contributed by atoms with E-state index < -0.39 is 23.5 Å². The van der Waals surface area contributed by atoms with Crippen LogP contribution in [0, 0.1) is 17.5 Å². The van der Waals surface area contributed by atoms with Crippen LogP contribution in [0.5, 0.6) is 0 Å². The number of hydrogen-bond acceptors (Lipinski definition) is 1. The van der Waals surface area contributed by atoms with Crippen LogP contribution >= 0.6 is 23.2 Å². The minimum absolute atomic E-state index is 0.111. The third-order valence-corrected chi connectivity index (χ3v) is 3.52. The summed E-state index contributed by atoms with van der Waals surface area (Å²) in [6.45, 7) is 0. The number of hydrogen-bond donors (Lipinski definition) is 1. The van der Waals surface area contributed by atoms with Crippen LogP contribution in [-0.2, 0) is 6.42 Å². The van der Waals surface area contributed by atoms with Crippen molar-refractivity contribution in [3.63, 3.8) is 0 Å². The normalized spacial score (nSPS) is 12.5. The van der Waals surface area contributed by atoms with Crippen LogP contribution in [0.15, 0.2) is 30.3 Å². The molecule has 1 atom stereocenters. The summed E-state index contributed by atoms with van der Waals surface area (Å²) in [5.74, 6) is -4.06. The lowest BCUT2D eigenvalue weighted by Gasteiger charge is -2.15. The Hall–Kier alpha value is -1.23. The predicted molar refractivity (Wildman–Crippen MR) is 73.4 cm³/mol. The fourth-order valence-electron chi connectivity index (χ4n) is 1.87. The van der Waals surface area contributed by atoms with E-state index in [2.05, 4.69) is 0 Å². The van der Waals surface area contributed by atoms with E-state index >= 15 is 0 Å². The molecule has 0 radical (unpaired) electrons. The van der Waals surface area contributed by atoms with Gasteiger partial charge in [0.15, 0.2) is 17.5 Å². The van der Waals surface area contributed by atoms with E-state index in [0.717, 1.165) is 12.1 Å². The zero-order valence-corrected chi connectivity index (χ0v) is 11.7. The number of rotatable bonds is 3. The molecule has 20 heavy (non-hydrogen) atoms. The van der Waals surface area contributed by atoms with Crippen LogP contribution in [0.25, 0.3) is 0 Å². The molecule has 0 spiro atoms. The highest BCUT2D eigenvalue weighted by Crippen LogP contribution is 2.27. The SMILES string of the molecule is NC(Cc1cc(Cl)ccc1Cl)c1ccc(F)c(F)c1F. The molecule has 0 aromatic heterocycles. The van der Waals surface area contributed by atoms with Gasteiger partial charge >= 0.3 is 0 Å². The molecule has 0 saturated heterocycles. The van der Waals surface area contributed by atoms with E-state index in [-0.39, 0.29) is 12.0 Å². The first kappa shape index (κ1) is 15.2. The summed E-state index contributed by atoms with van der Waals surface area (Å²) >= 11 is 11.8. The van der Waals surface area contributed by atoms with Gasteiger partial charge in [-0.05, 0) is 36.2 Å². The Kier molecular flexibility index (Phi) is 4.58. The summed E-state index contributed by atoms with van der Waals surface area (Å²) in [6, 6.07) is 5.90. The fourth-order valence-corrected chi connectivity index (χ4v) is 2.26. The van der Waals surface area contributed by atoms with Crippen molar-refractivity contribution in [3.8, 4) is 0 Å². The molecule has 2 aromatic carbocycles. The minimum Gasteiger partial charge on any atom is -0.324 e. The molecule has 0 bridgehead atoms. The fraction of sp³-hybridized carbons (Fsp3) is 0.143. The van der Waals surface area contributed by atoms with Gasteiger partial charge in [0, 0.05) is 21.7 Å². The average Bonchev–Trinajstić information content (AvgIpc) is 2.40. The highest BCUT2D eigenvalue weighted by molar-refractivity contribution is 6.33. The maximum atomic E-state index is 13.6. The Labute approximate surface area is 124 Å². The summed E-state index contributed by atoms with van der Waals surface area (Å²) in [4.78, 5) is 0. The number of nitrogens with two attached hydrogens (primary N) is 1. The van der Waals surface area contributed by atoms with E-state index in [1.165, 1.54) is 0 Å². The zero-order chi connectivity index (χ0) is 14.9. The molecule has 1 unspecified atom stereocenters. The first-order chi connectivity index (χ1) is 9.40. The van der Waals surface area contributed by atoms with Crippen molar-refractivity contribution in [3.05, 3.63) is 69.0 Å². The van der Waals surface area contributed by atoms with Gasteiger partial charge < -0.3 is 5.73 Å². The standard InChI is InChI=1S/C14H10Cl2F3N/c15-8-1-3-10(16)7(5-8)6-12(20)9-2-4-11(17)14(19)13(9)18/h1-5,12H,6,20H2. The van der Waals surface area contributed by atoms with Crippen molar-refractivity contribution in [2.75, 3.05) is 0 Å². The first-order valence-electron chi connectivity index (χ1n) is 5.73. The summed E-state index contributed by atoms with van der Waals surface area (Å²) < 4.78 is 39.7. The molecule has 0 fully saturated rings. The van der Waals surface area contributed by atoms with Gasteiger partial charge in [-0.2, -0.15) is 0 Å². The van der Waals surface area contributed by atoms with Crippen molar-refractivity contribution in [1.29, 1.82) is 0 Å². The molecule has 6 heteroatoms. The second-order valence-corrected chi connectivity index (χ2v) is 5.15. The Morgan fingerprint density at radius 2 is 1.70 bits per heavy atom. The molecular weight excluding hydrogens is 310 g/mol. The predicted octanol–water partition coefficient (Wildman–Crippen LogP) is 4.65. The van der Waals surface area contributed by atoms with E-state index in [1.807, 2.05) is 0 Å². The van der Waals surface area contributed by atoms with E-state index in [4.69, 9.17) is 28.9 Å². The smallest absolute Gasteiger partial charge is 0.194 e. The Morgan fingerprint density at radius 1 is 1.00 bits per heavy atom. The molecule has 106 valence electrons. The van der Waals surface area contributed by atoms with Gasteiger partial charge in [-0.1, -0.05) is 29.3 Å². The summed E-state index contributed by atoms with van der Waals surface area (Å²) in [6.07, 6.45) is 0.154. The topological polar surface area (TPSA) is 26.0 Å². The van der Waals surface area contributed by atoms with Crippen LogP contribution < -0.4 is 5.73 Å². The lowest BCUT2D eigenvalue weighted by molar-refractivity contribution is 0.435. The summed E-state index contributed by atoms with van der Waals surface area (Å²) in [5.41, 5.74) is 6.33. The van der Waals surface area contributed by atoms with Gasteiger partial charge in [0.2, 0.25) is 0 Å². The van der Waals surface area contributed by atoms with Gasteiger partial charge in [0.05, 0.1) is 0 Å². The number of halogens is 5. The largest absolute Gasteiger partial charge is 0.324 e. The molecule has 2 rings (SSSR count). The van der Waals surface area contributed by atoms with Gasteiger partial charge in [0.25, 0.3) is 0 Å². The minimum atomic E-state index is -1.53. The molecule has 1 nitrogen and oxygen atoms in total. The zero-order valence-electron chi connectivity index (χ0n) is 10.1. The van der Waals surface area contributed by atoms with Crippen molar-refractivity contribution in [2.24, 2.45) is 5.73 Å². The molecule has 0 aliphatic heterocycles. The third-order valence-electron chi connectivity index (χ3n) is 2.91. The second kappa shape index (κ2) is 6.04. The van der Waals surface area contributed by atoms with Crippen LogP contribution in [-0.4, -0.2) is 0 Å². The van der Waals surface area contributed by atoms with Gasteiger partial charge in [0.1, 0.15) is 0 Å². The van der Waals surface area contributed by atoms with E-state index in [0.29, 0.717) is 15.6 Å². The summed E-state index contributed by atoms with van der Waals surface area (Å²) in [5, 5.41) is 0.884. The van der Waals surface area contributed by atoms with Gasteiger partial charge in [-0.15, -0.1) is 0 Å². The quantitative estimate of drug-likeness (QED) is 0.818. The molecule has 2 aromatic rings. The second-order valence-electron chi connectivity index (χ2n) is 4.31.